The largest absolute Gasteiger partial charge is 0.473 e. The van der Waals surface area contributed by atoms with Crippen LogP contribution >= 0.6 is 11.8 Å². The van der Waals surface area contributed by atoms with Gasteiger partial charge in [-0.3, -0.25) is 9.78 Å². The van der Waals surface area contributed by atoms with Gasteiger partial charge in [0.05, 0.1) is 17.4 Å². The average Bonchev–Trinajstić information content (AvgIpc) is 3.03. The molecule has 1 atom stereocenters. The monoisotopic (exact) mass is 315 g/mol. The average molecular weight is 315 g/mol. The molecule has 0 aromatic carbocycles. The molecule has 0 aliphatic carbocycles. The van der Waals surface area contributed by atoms with E-state index in [4.69, 9.17) is 4.74 Å². The van der Waals surface area contributed by atoms with Gasteiger partial charge in [0, 0.05) is 24.2 Å². The zero-order valence-electron chi connectivity index (χ0n) is 12.3. The van der Waals surface area contributed by atoms with E-state index >= 15 is 0 Å². The van der Waals surface area contributed by atoms with Crippen LogP contribution in [-0.4, -0.2) is 33.5 Å². The van der Waals surface area contributed by atoms with Crippen LogP contribution in [0.15, 0.2) is 36.8 Å². The lowest BCUT2D eigenvalue weighted by Crippen LogP contribution is -2.16. The number of hydrogen-bond acceptors (Lipinski definition) is 5. The molecule has 6 heteroatoms. The quantitative estimate of drug-likeness (QED) is 0.940. The number of aromatic nitrogens is 2. The Kier molecular flexibility index (Phi) is 4.58. The van der Waals surface area contributed by atoms with Gasteiger partial charge in [-0.15, -0.1) is 0 Å². The first kappa shape index (κ1) is 14.8. The van der Waals surface area contributed by atoms with Crippen LogP contribution in [0.5, 0.6) is 5.88 Å². The molecule has 114 valence electrons. The lowest BCUT2D eigenvalue weighted by atomic mass is 10.2. The number of pyridine rings is 2. The summed E-state index contributed by atoms with van der Waals surface area (Å²) in [5.41, 5.74) is 2.17. The molecule has 5 nitrogen and oxygen atoms in total. The minimum atomic E-state index is -0.202. The van der Waals surface area contributed by atoms with Gasteiger partial charge in [0.1, 0.15) is 6.10 Å². The van der Waals surface area contributed by atoms with Crippen LogP contribution in [0.1, 0.15) is 22.3 Å². The van der Waals surface area contributed by atoms with Gasteiger partial charge in [0.2, 0.25) is 5.88 Å². The van der Waals surface area contributed by atoms with Crippen LogP contribution in [0.4, 0.5) is 5.69 Å². The second-order valence-electron chi connectivity index (χ2n) is 5.13. The highest BCUT2D eigenvalue weighted by Crippen LogP contribution is 2.22. The van der Waals surface area contributed by atoms with E-state index in [-0.39, 0.29) is 12.0 Å². The fourth-order valence-electron chi connectivity index (χ4n) is 2.15. The molecule has 1 unspecified atom stereocenters. The molecule has 2 aromatic rings. The van der Waals surface area contributed by atoms with Crippen molar-refractivity contribution in [2.45, 2.75) is 19.4 Å². The highest BCUT2D eigenvalue weighted by Gasteiger charge is 2.17. The summed E-state index contributed by atoms with van der Waals surface area (Å²) in [4.78, 5) is 20.4. The van der Waals surface area contributed by atoms with Gasteiger partial charge in [-0.05, 0) is 36.8 Å². The first-order chi connectivity index (χ1) is 10.7. The summed E-state index contributed by atoms with van der Waals surface area (Å²) >= 11 is 1.89. The van der Waals surface area contributed by atoms with E-state index in [2.05, 4.69) is 15.3 Å². The van der Waals surface area contributed by atoms with Crippen molar-refractivity contribution in [3.8, 4) is 5.88 Å². The molecule has 3 rings (SSSR count). The van der Waals surface area contributed by atoms with Crippen LogP contribution in [0.2, 0.25) is 0 Å². The molecular formula is C16H17N3O2S. The number of rotatable bonds is 4. The molecule has 1 amide bonds. The number of amides is 1. The zero-order chi connectivity index (χ0) is 15.4. The molecule has 0 radical (unpaired) electrons. The molecule has 22 heavy (non-hydrogen) atoms. The molecule has 1 fully saturated rings. The normalized spacial score (nSPS) is 17.2. The second kappa shape index (κ2) is 6.79. The van der Waals surface area contributed by atoms with Crippen LogP contribution in [0.25, 0.3) is 0 Å². The van der Waals surface area contributed by atoms with Crippen molar-refractivity contribution < 1.29 is 9.53 Å². The van der Waals surface area contributed by atoms with Gasteiger partial charge < -0.3 is 10.1 Å². The maximum absolute atomic E-state index is 12.2. The van der Waals surface area contributed by atoms with Crippen molar-refractivity contribution in [1.29, 1.82) is 0 Å². The lowest BCUT2D eigenvalue weighted by Gasteiger charge is -2.11. The molecule has 1 saturated heterocycles. The van der Waals surface area contributed by atoms with Crippen LogP contribution < -0.4 is 10.1 Å². The Hall–Kier alpha value is -2.08. The summed E-state index contributed by atoms with van der Waals surface area (Å²) in [6.45, 7) is 1.92. The third-order valence-electron chi connectivity index (χ3n) is 3.46. The SMILES string of the molecule is Cc1ccncc1NC(=O)c1ccc(OC2CCSC2)nc1. The number of hydrogen-bond donors (Lipinski definition) is 1. The molecule has 1 aliphatic rings. The van der Waals surface area contributed by atoms with Gasteiger partial charge in [-0.2, -0.15) is 11.8 Å². The lowest BCUT2D eigenvalue weighted by molar-refractivity contribution is 0.102. The first-order valence-electron chi connectivity index (χ1n) is 7.15. The number of carbonyl (C=O) groups is 1. The molecule has 1 aliphatic heterocycles. The summed E-state index contributed by atoms with van der Waals surface area (Å²) in [6, 6.07) is 5.32. The number of ether oxygens (including phenoxy) is 1. The zero-order valence-corrected chi connectivity index (χ0v) is 13.1. The van der Waals surface area contributed by atoms with Crippen molar-refractivity contribution in [2.24, 2.45) is 0 Å². The maximum atomic E-state index is 12.2. The Balaban J connectivity index is 1.64. The van der Waals surface area contributed by atoms with Crippen LogP contribution in [0, 0.1) is 6.92 Å². The fourth-order valence-corrected chi connectivity index (χ4v) is 3.24. The smallest absolute Gasteiger partial charge is 0.257 e. The van der Waals surface area contributed by atoms with Crippen molar-refractivity contribution in [3.05, 3.63) is 47.9 Å². The van der Waals surface area contributed by atoms with E-state index in [9.17, 15) is 4.79 Å². The number of thioether (sulfide) groups is 1. The number of nitrogens with zero attached hydrogens (tertiary/aromatic N) is 2. The second-order valence-corrected chi connectivity index (χ2v) is 6.28. The number of aryl methyl sites for hydroxylation is 1. The molecule has 3 heterocycles. The minimum absolute atomic E-state index is 0.202. The molecule has 0 bridgehead atoms. The van der Waals surface area contributed by atoms with Crippen molar-refractivity contribution in [3.63, 3.8) is 0 Å². The van der Waals surface area contributed by atoms with Gasteiger partial charge in [-0.25, -0.2) is 4.98 Å². The van der Waals surface area contributed by atoms with Gasteiger partial charge in [0.25, 0.3) is 5.91 Å². The Morgan fingerprint density at radius 3 is 2.95 bits per heavy atom. The van der Waals surface area contributed by atoms with Crippen molar-refractivity contribution >= 4 is 23.4 Å². The summed E-state index contributed by atoms with van der Waals surface area (Å²) in [7, 11) is 0. The standard InChI is InChI=1S/C16H17N3O2S/c1-11-4-6-17-9-14(11)19-16(20)12-2-3-15(18-8-12)21-13-5-7-22-10-13/h2-4,6,8-9,13H,5,7,10H2,1H3,(H,19,20). The highest BCUT2D eigenvalue weighted by molar-refractivity contribution is 7.99. The summed E-state index contributed by atoms with van der Waals surface area (Å²) in [6.07, 6.45) is 6.15. The van der Waals surface area contributed by atoms with E-state index in [0.29, 0.717) is 17.1 Å². The predicted molar refractivity (Wildman–Crippen MR) is 87.5 cm³/mol. The molecule has 0 spiro atoms. The maximum Gasteiger partial charge on any atom is 0.257 e. The Labute approximate surface area is 133 Å². The number of carbonyl (C=O) groups excluding carboxylic acids is 1. The van der Waals surface area contributed by atoms with Gasteiger partial charge in [-0.1, -0.05) is 0 Å². The summed E-state index contributed by atoms with van der Waals surface area (Å²) < 4.78 is 5.77. The highest BCUT2D eigenvalue weighted by atomic mass is 32.2. The third-order valence-corrected chi connectivity index (χ3v) is 4.59. The van der Waals surface area contributed by atoms with E-state index < -0.39 is 0 Å². The van der Waals surface area contributed by atoms with Crippen molar-refractivity contribution in [1.82, 2.24) is 9.97 Å². The Morgan fingerprint density at radius 1 is 1.36 bits per heavy atom. The molecule has 0 saturated carbocycles. The minimum Gasteiger partial charge on any atom is -0.473 e. The van der Waals surface area contributed by atoms with Crippen molar-refractivity contribution in [2.75, 3.05) is 16.8 Å². The first-order valence-corrected chi connectivity index (χ1v) is 8.30. The topological polar surface area (TPSA) is 64.1 Å². The summed E-state index contributed by atoms with van der Waals surface area (Å²) in [5.74, 6) is 2.51. The Bertz CT molecular complexity index is 655. The fraction of sp³-hybridized carbons (Fsp3) is 0.312. The van der Waals surface area contributed by atoms with E-state index in [1.807, 2.05) is 24.8 Å². The predicted octanol–water partition coefficient (Wildman–Crippen LogP) is 2.92. The number of nitrogens with one attached hydrogen (secondary N) is 1. The summed E-state index contributed by atoms with van der Waals surface area (Å²) in [5, 5.41) is 2.83. The third kappa shape index (κ3) is 3.57. The van der Waals surface area contributed by atoms with Gasteiger partial charge in [0.15, 0.2) is 0 Å². The number of anilines is 1. The van der Waals surface area contributed by atoms with Crippen LogP contribution in [0.3, 0.4) is 0 Å². The van der Waals surface area contributed by atoms with E-state index in [1.54, 1.807) is 30.7 Å². The van der Waals surface area contributed by atoms with E-state index in [1.165, 1.54) is 0 Å². The Morgan fingerprint density at radius 2 is 2.27 bits per heavy atom. The molecule has 1 N–H and O–H groups in total. The molecular weight excluding hydrogens is 298 g/mol. The van der Waals surface area contributed by atoms with Crippen LogP contribution in [-0.2, 0) is 0 Å². The molecule has 2 aromatic heterocycles. The van der Waals surface area contributed by atoms with Gasteiger partial charge >= 0.3 is 0 Å². The van der Waals surface area contributed by atoms with E-state index in [0.717, 1.165) is 23.5 Å².